The molecule has 5 heteroatoms. The summed E-state index contributed by atoms with van der Waals surface area (Å²) in [7, 11) is 5.32. The summed E-state index contributed by atoms with van der Waals surface area (Å²) in [5, 5.41) is 0. The molecule has 1 saturated heterocycles. The van der Waals surface area contributed by atoms with Crippen molar-refractivity contribution in [3.8, 4) is 22.6 Å². The SMILES string of the molecule is COc1cccc(-c2ccc(N(C)CCC(=O)N3CCCC3)cc2)c1OC. The number of nitrogens with zero attached hydrogens (tertiary/aromatic N) is 2. The minimum Gasteiger partial charge on any atom is -0.493 e. The minimum absolute atomic E-state index is 0.261. The third kappa shape index (κ3) is 4.35. The number of methoxy groups -OCH3 is 2. The maximum absolute atomic E-state index is 12.2. The first-order chi connectivity index (χ1) is 13.1. The predicted molar refractivity (Wildman–Crippen MR) is 109 cm³/mol. The van der Waals surface area contributed by atoms with Crippen molar-refractivity contribution in [2.45, 2.75) is 19.3 Å². The Labute approximate surface area is 161 Å². The van der Waals surface area contributed by atoms with E-state index >= 15 is 0 Å². The van der Waals surface area contributed by atoms with Gasteiger partial charge in [0.1, 0.15) is 0 Å². The largest absolute Gasteiger partial charge is 0.493 e. The standard InChI is InChI=1S/C22H28N2O3/c1-23(16-13-21(25)24-14-4-5-15-24)18-11-9-17(10-12-18)19-7-6-8-20(26-2)22(19)27-3/h6-12H,4-5,13-16H2,1-3H3. The molecule has 0 N–H and O–H groups in total. The van der Waals surface area contributed by atoms with Gasteiger partial charge in [-0.15, -0.1) is 0 Å². The van der Waals surface area contributed by atoms with E-state index in [-0.39, 0.29) is 5.91 Å². The van der Waals surface area contributed by atoms with Gasteiger partial charge in [-0.2, -0.15) is 0 Å². The first-order valence-electron chi connectivity index (χ1n) is 9.44. The van der Waals surface area contributed by atoms with E-state index in [1.807, 2.05) is 30.1 Å². The van der Waals surface area contributed by atoms with Crippen LogP contribution < -0.4 is 14.4 Å². The summed E-state index contributed by atoms with van der Waals surface area (Å²) in [4.78, 5) is 16.3. The second-order valence-electron chi connectivity index (χ2n) is 6.85. The second kappa shape index (κ2) is 8.80. The number of carbonyl (C=O) groups excluding carboxylic acids is 1. The Morgan fingerprint density at radius 2 is 1.74 bits per heavy atom. The Kier molecular flexibility index (Phi) is 6.22. The fourth-order valence-electron chi connectivity index (χ4n) is 3.53. The number of carbonyl (C=O) groups is 1. The highest BCUT2D eigenvalue weighted by Crippen LogP contribution is 2.38. The van der Waals surface area contributed by atoms with Crippen LogP contribution in [0.1, 0.15) is 19.3 Å². The van der Waals surface area contributed by atoms with Crippen molar-refractivity contribution in [1.82, 2.24) is 4.90 Å². The fourth-order valence-corrected chi connectivity index (χ4v) is 3.53. The minimum atomic E-state index is 0.261. The lowest BCUT2D eigenvalue weighted by Crippen LogP contribution is -2.31. The lowest BCUT2D eigenvalue weighted by atomic mass is 10.0. The number of amides is 1. The van der Waals surface area contributed by atoms with Crippen LogP contribution in [0.15, 0.2) is 42.5 Å². The number of ether oxygens (including phenoxy) is 2. The molecule has 0 spiro atoms. The number of anilines is 1. The van der Waals surface area contributed by atoms with Crippen molar-refractivity contribution in [2.75, 3.05) is 45.8 Å². The highest BCUT2D eigenvalue weighted by Gasteiger charge is 2.18. The molecule has 5 nitrogen and oxygen atoms in total. The Balaban J connectivity index is 1.67. The second-order valence-corrected chi connectivity index (χ2v) is 6.85. The van der Waals surface area contributed by atoms with Gasteiger partial charge in [-0.3, -0.25) is 4.79 Å². The topological polar surface area (TPSA) is 42.0 Å². The van der Waals surface area contributed by atoms with Gasteiger partial charge < -0.3 is 19.3 Å². The first kappa shape index (κ1) is 19.1. The van der Waals surface area contributed by atoms with E-state index in [0.29, 0.717) is 6.42 Å². The van der Waals surface area contributed by atoms with Crippen LogP contribution in [-0.2, 0) is 4.79 Å². The van der Waals surface area contributed by atoms with E-state index in [1.165, 1.54) is 0 Å². The maximum Gasteiger partial charge on any atom is 0.224 e. The van der Waals surface area contributed by atoms with Crippen LogP contribution in [0.3, 0.4) is 0 Å². The van der Waals surface area contributed by atoms with E-state index in [1.54, 1.807) is 14.2 Å². The molecule has 144 valence electrons. The summed E-state index contributed by atoms with van der Waals surface area (Å²) >= 11 is 0. The van der Waals surface area contributed by atoms with Gasteiger partial charge in [-0.05, 0) is 36.6 Å². The van der Waals surface area contributed by atoms with Gasteiger partial charge in [-0.25, -0.2) is 0 Å². The number of hydrogen-bond donors (Lipinski definition) is 0. The molecule has 1 aliphatic heterocycles. The summed E-state index contributed by atoms with van der Waals surface area (Å²) in [6, 6.07) is 14.2. The molecule has 0 aromatic heterocycles. The monoisotopic (exact) mass is 368 g/mol. The summed E-state index contributed by atoms with van der Waals surface area (Å²) in [6.45, 7) is 2.55. The fraction of sp³-hybridized carbons (Fsp3) is 0.409. The summed E-state index contributed by atoms with van der Waals surface area (Å²) in [6.07, 6.45) is 2.83. The number of benzene rings is 2. The lowest BCUT2D eigenvalue weighted by Gasteiger charge is -2.22. The van der Waals surface area contributed by atoms with Crippen LogP contribution in [0.4, 0.5) is 5.69 Å². The zero-order valence-electron chi connectivity index (χ0n) is 16.4. The van der Waals surface area contributed by atoms with Gasteiger partial charge in [0.2, 0.25) is 5.91 Å². The summed E-state index contributed by atoms with van der Waals surface area (Å²) < 4.78 is 10.9. The molecule has 1 fully saturated rings. The highest BCUT2D eigenvalue weighted by molar-refractivity contribution is 5.77. The zero-order valence-corrected chi connectivity index (χ0v) is 16.4. The van der Waals surface area contributed by atoms with Crippen LogP contribution in [-0.4, -0.2) is 51.7 Å². The third-order valence-electron chi connectivity index (χ3n) is 5.14. The molecule has 0 saturated carbocycles. The number of likely N-dealkylation sites (tertiary alicyclic amines) is 1. The number of hydrogen-bond acceptors (Lipinski definition) is 4. The van der Waals surface area contributed by atoms with Gasteiger partial charge in [-0.1, -0.05) is 24.3 Å². The molecule has 1 aliphatic rings. The molecule has 27 heavy (non-hydrogen) atoms. The average Bonchev–Trinajstić information content (AvgIpc) is 3.26. The van der Waals surface area contributed by atoms with Gasteiger partial charge >= 0.3 is 0 Å². The molecular weight excluding hydrogens is 340 g/mol. The molecule has 1 heterocycles. The predicted octanol–water partition coefficient (Wildman–Crippen LogP) is 3.82. The van der Waals surface area contributed by atoms with Crippen molar-refractivity contribution in [2.24, 2.45) is 0 Å². The maximum atomic E-state index is 12.2. The summed E-state index contributed by atoms with van der Waals surface area (Å²) in [5.41, 5.74) is 3.15. The van der Waals surface area contributed by atoms with Crippen LogP contribution in [0.2, 0.25) is 0 Å². The molecule has 2 aromatic rings. The van der Waals surface area contributed by atoms with E-state index in [9.17, 15) is 4.79 Å². The molecule has 3 rings (SSSR count). The Bertz CT molecular complexity index is 768. The molecule has 0 radical (unpaired) electrons. The van der Waals surface area contributed by atoms with Crippen LogP contribution >= 0.6 is 0 Å². The van der Waals surface area contributed by atoms with E-state index in [2.05, 4.69) is 29.2 Å². The van der Waals surface area contributed by atoms with E-state index < -0.39 is 0 Å². The zero-order chi connectivity index (χ0) is 19.2. The molecular formula is C22H28N2O3. The first-order valence-corrected chi connectivity index (χ1v) is 9.44. The van der Waals surface area contributed by atoms with Gasteiger partial charge in [0, 0.05) is 44.4 Å². The highest BCUT2D eigenvalue weighted by atomic mass is 16.5. The molecule has 0 aliphatic carbocycles. The third-order valence-corrected chi connectivity index (χ3v) is 5.14. The summed E-state index contributed by atoms with van der Waals surface area (Å²) in [5.74, 6) is 1.71. The van der Waals surface area contributed by atoms with Crippen molar-refractivity contribution in [3.63, 3.8) is 0 Å². The number of rotatable bonds is 7. The van der Waals surface area contributed by atoms with Crippen LogP contribution in [0.5, 0.6) is 11.5 Å². The smallest absolute Gasteiger partial charge is 0.224 e. The van der Waals surface area contributed by atoms with Crippen LogP contribution in [0.25, 0.3) is 11.1 Å². The normalized spacial score (nSPS) is 13.5. The Morgan fingerprint density at radius 3 is 2.37 bits per heavy atom. The van der Waals surface area contributed by atoms with Gasteiger partial charge in [0.25, 0.3) is 0 Å². The van der Waals surface area contributed by atoms with Crippen molar-refractivity contribution >= 4 is 11.6 Å². The van der Waals surface area contributed by atoms with Gasteiger partial charge in [0.05, 0.1) is 14.2 Å². The molecule has 0 unspecified atom stereocenters. The number of para-hydroxylation sites is 1. The molecule has 2 aromatic carbocycles. The van der Waals surface area contributed by atoms with Crippen molar-refractivity contribution < 1.29 is 14.3 Å². The average molecular weight is 368 g/mol. The molecule has 0 atom stereocenters. The molecule has 0 bridgehead atoms. The van der Waals surface area contributed by atoms with Gasteiger partial charge in [0.15, 0.2) is 11.5 Å². The quantitative estimate of drug-likeness (QED) is 0.745. The van der Waals surface area contributed by atoms with Crippen LogP contribution in [0, 0.1) is 0 Å². The Morgan fingerprint density at radius 1 is 1.04 bits per heavy atom. The lowest BCUT2D eigenvalue weighted by molar-refractivity contribution is -0.129. The van der Waals surface area contributed by atoms with Crippen molar-refractivity contribution in [3.05, 3.63) is 42.5 Å². The molecule has 1 amide bonds. The Hall–Kier alpha value is -2.69. The van der Waals surface area contributed by atoms with Crippen molar-refractivity contribution in [1.29, 1.82) is 0 Å². The van der Waals surface area contributed by atoms with E-state index in [0.717, 1.165) is 60.8 Å². The van der Waals surface area contributed by atoms with E-state index in [4.69, 9.17) is 9.47 Å².